The molecule has 0 radical (unpaired) electrons. The van der Waals surface area contributed by atoms with Gasteiger partial charge in [0, 0.05) is 12.0 Å². The number of rotatable bonds is 2. The van der Waals surface area contributed by atoms with Crippen molar-refractivity contribution < 1.29 is 13.4 Å². The van der Waals surface area contributed by atoms with Gasteiger partial charge in [0.15, 0.2) is 0 Å². The fourth-order valence-electron chi connectivity index (χ4n) is 0.814. The lowest BCUT2D eigenvalue weighted by Crippen LogP contribution is -2.07. The second-order valence-corrected chi connectivity index (χ2v) is 5.67. The van der Waals surface area contributed by atoms with Crippen molar-refractivity contribution in [2.24, 2.45) is 4.36 Å². The summed E-state index contributed by atoms with van der Waals surface area (Å²) < 4.78 is 27.7. The van der Waals surface area contributed by atoms with Crippen LogP contribution in [0.2, 0.25) is 0 Å². The first kappa shape index (κ1) is 11.8. The lowest BCUT2D eigenvalue weighted by atomic mass is 10.3. The van der Waals surface area contributed by atoms with Crippen LogP contribution < -0.4 is 0 Å². The normalized spacial score (nSPS) is 14.3. The molecule has 6 heteroatoms. The number of carbonyl (C=O) groups excluding carboxylic acids is 1. The lowest BCUT2D eigenvalue weighted by Gasteiger charge is -1.98. The van der Waals surface area contributed by atoms with Crippen molar-refractivity contribution in [3.8, 4) is 0 Å². The highest BCUT2D eigenvalue weighted by atomic mass is 32.2. The van der Waals surface area contributed by atoms with E-state index in [9.17, 15) is 13.4 Å². The van der Waals surface area contributed by atoms with E-state index in [2.05, 4.69) is 9.35 Å². The van der Waals surface area contributed by atoms with Crippen molar-refractivity contribution in [2.75, 3.05) is 12.0 Å². The fraction of sp³-hybridized carbons (Fsp3) is 0.333. The first-order chi connectivity index (χ1) is 6.94. The van der Waals surface area contributed by atoms with E-state index in [0.717, 1.165) is 6.07 Å². The van der Waals surface area contributed by atoms with Crippen LogP contribution in [0.5, 0.6) is 0 Å². The summed E-state index contributed by atoms with van der Waals surface area (Å²) in [6, 6.07) is 3.81. The van der Waals surface area contributed by atoms with Crippen LogP contribution in [0.4, 0.5) is 4.39 Å². The number of hydrogen-bond acceptors (Lipinski definition) is 3. The van der Waals surface area contributed by atoms with Crippen molar-refractivity contribution in [3.05, 3.63) is 29.8 Å². The van der Waals surface area contributed by atoms with E-state index >= 15 is 0 Å². The molecule has 0 bridgehead atoms. The molecule has 1 rings (SSSR count). The standard InChI is InChI=1S/C9H11FN2O2S/c1-3-15(2,14)12-9(13)7-5-4-6-8(10)11-7/h4-6H,3H2,1-2H3. The van der Waals surface area contributed by atoms with Crippen molar-refractivity contribution in [3.63, 3.8) is 0 Å². The van der Waals surface area contributed by atoms with Crippen LogP contribution in [0.25, 0.3) is 0 Å². The zero-order valence-corrected chi connectivity index (χ0v) is 9.25. The van der Waals surface area contributed by atoms with Gasteiger partial charge in [-0.3, -0.25) is 4.79 Å². The Hall–Kier alpha value is -1.30. The van der Waals surface area contributed by atoms with Gasteiger partial charge < -0.3 is 0 Å². The van der Waals surface area contributed by atoms with Crippen LogP contribution in [0, 0.1) is 5.95 Å². The first-order valence-electron chi connectivity index (χ1n) is 4.31. The van der Waals surface area contributed by atoms with Gasteiger partial charge in [-0.1, -0.05) is 13.0 Å². The highest BCUT2D eigenvalue weighted by molar-refractivity contribution is 7.93. The third-order valence-electron chi connectivity index (χ3n) is 1.75. The summed E-state index contributed by atoms with van der Waals surface area (Å²) in [5.74, 6) is -1.23. The topological polar surface area (TPSA) is 59.4 Å². The summed E-state index contributed by atoms with van der Waals surface area (Å²) in [6.45, 7) is 1.66. The number of pyridine rings is 1. The maximum Gasteiger partial charge on any atom is 0.303 e. The first-order valence-corrected chi connectivity index (χ1v) is 6.40. The number of hydrogen-bond donors (Lipinski definition) is 0. The zero-order valence-electron chi connectivity index (χ0n) is 8.44. The monoisotopic (exact) mass is 230 g/mol. The van der Waals surface area contributed by atoms with Gasteiger partial charge in [0.1, 0.15) is 5.69 Å². The van der Waals surface area contributed by atoms with Crippen LogP contribution in [0.1, 0.15) is 17.4 Å². The molecule has 4 nitrogen and oxygen atoms in total. The Labute approximate surface area is 87.7 Å². The molecular weight excluding hydrogens is 219 g/mol. The van der Waals surface area contributed by atoms with Crippen LogP contribution in [-0.4, -0.2) is 27.1 Å². The Kier molecular flexibility index (Phi) is 3.52. The average Bonchev–Trinajstić information content (AvgIpc) is 2.17. The minimum Gasteiger partial charge on any atom is -0.264 e. The maximum atomic E-state index is 12.7. The summed E-state index contributed by atoms with van der Waals surface area (Å²) in [5.41, 5.74) is -0.127. The minimum absolute atomic E-state index is 0.127. The zero-order chi connectivity index (χ0) is 11.5. The molecular formula is C9H11FN2O2S. The molecule has 1 aromatic rings. The SMILES string of the molecule is CCS(C)(=O)=NC(=O)c1cccc(F)n1. The average molecular weight is 230 g/mol. The van der Waals surface area contributed by atoms with Gasteiger partial charge in [0.05, 0.1) is 9.73 Å². The van der Waals surface area contributed by atoms with Crippen molar-refractivity contribution in [2.45, 2.75) is 6.92 Å². The van der Waals surface area contributed by atoms with Crippen LogP contribution in [-0.2, 0) is 9.73 Å². The number of nitrogens with zero attached hydrogens (tertiary/aromatic N) is 2. The molecule has 1 amide bonds. The molecule has 82 valence electrons. The van der Waals surface area contributed by atoms with E-state index in [4.69, 9.17) is 0 Å². The summed E-state index contributed by atoms with van der Waals surface area (Å²) in [7, 11) is -2.52. The molecule has 0 spiro atoms. The summed E-state index contributed by atoms with van der Waals surface area (Å²) in [5, 5.41) is 0. The van der Waals surface area contributed by atoms with Crippen LogP contribution >= 0.6 is 0 Å². The molecule has 15 heavy (non-hydrogen) atoms. The van der Waals surface area contributed by atoms with Crippen LogP contribution in [0.15, 0.2) is 22.6 Å². The van der Waals surface area contributed by atoms with E-state index < -0.39 is 21.6 Å². The largest absolute Gasteiger partial charge is 0.303 e. The van der Waals surface area contributed by atoms with Gasteiger partial charge in [-0.2, -0.15) is 8.75 Å². The predicted octanol–water partition coefficient (Wildman–Crippen LogP) is 1.48. The Morgan fingerprint density at radius 3 is 2.80 bits per heavy atom. The molecule has 0 aromatic carbocycles. The van der Waals surface area contributed by atoms with E-state index in [1.807, 2.05) is 0 Å². The van der Waals surface area contributed by atoms with E-state index in [-0.39, 0.29) is 11.4 Å². The molecule has 0 aliphatic heterocycles. The molecule has 0 saturated heterocycles. The number of carbonyl (C=O) groups is 1. The molecule has 1 heterocycles. The highest BCUT2D eigenvalue weighted by Crippen LogP contribution is 2.02. The molecule has 1 atom stereocenters. The minimum atomic E-state index is -2.52. The van der Waals surface area contributed by atoms with Gasteiger partial charge in [-0.25, -0.2) is 9.19 Å². The summed E-state index contributed by atoms with van der Waals surface area (Å²) in [6.07, 6.45) is 1.38. The van der Waals surface area contributed by atoms with Gasteiger partial charge >= 0.3 is 5.91 Å². The second-order valence-electron chi connectivity index (χ2n) is 2.99. The lowest BCUT2D eigenvalue weighted by molar-refractivity contribution is 0.0999. The molecule has 0 aliphatic rings. The predicted molar refractivity (Wildman–Crippen MR) is 55.6 cm³/mol. The summed E-state index contributed by atoms with van der Waals surface area (Å²) in [4.78, 5) is 14.8. The molecule has 1 aromatic heterocycles. The quantitative estimate of drug-likeness (QED) is 0.723. The van der Waals surface area contributed by atoms with E-state index in [1.165, 1.54) is 18.4 Å². The van der Waals surface area contributed by atoms with Crippen molar-refractivity contribution >= 4 is 15.6 Å². The maximum absolute atomic E-state index is 12.7. The Morgan fingerprint density at radius 1 is 1.60 bits per heavy atom. The fourth-order valence-corrected chi connectivity index (χ4v) is 1.39. The number of aromatic nitrogens is 1. The molecule has 0 saturated carbocycles. The Bertz CT molecular complexity index is 493. The number of amides is 1. The number of halogens is 1. The highest BCUT2D eigenvalue weighted by Gasteiger charge is 2.09. The van der Waals surface area contributed by atoms with E-state index in [0.29, 0.717) is 0 Å². The molecule has 1 unspecified atom stereocenters. The van der Waals surface area contributed by atoms with Crippen molar-refractivity contribution in [1.29, 1.82) is 0 Å². The Morgan fingerprint density at radius 2 is 2.27 bits per heavy atom. The second kappa shape index (κ2) is 4.48. The van der Waals surface area contributed by atoms with E-state index in [1.54, 1.807) is 6.92 Å². The molecule has 0 fully saturated rings. The van der Waals surface area contributed by atoms with Gasteiger partial charge in [0.25, 0.3) is 0 Å². The van der Waals surface area contributed by atoms with Gasteiger partial charge in [0.2, 0.25) is 5.95 Å². The molecule has 0 N–H and O–H groups in total. The van der Waals surface area contributed by atoms with Gasteiger partial charge in [-0.05, 0) is 12.1 Å². The third kappa shape index (κ3) is 3.39. The smallest absolute Gasteiger partial charge is 0.264 e. The van der Waals surface area contributed by atoms with Crippen LogP contribution in [0.3, 0.4) is 0 Å². The third-order valence-corrected chi connectivity index (χ3v) is 3.37. The Balaban J connectivity index is 3.07. The summed E-state index contributed by atoms with van der Waals surface area (Å²) >= 11 is 0. The van der Waals surface area contributed by atoms with Gasteiger partial charge in [-0.15, -0.1) is 0 Å². The molecule has 0 aliphatic carbocycles. The van der Waals surface area contributed by atoms with Crippen molar-refractivity contribution in [1.82, 2.24) is 4.98 Å².